The molecule has 2 saturated carbocycles. The van der Waals surface area contributed by atoms with Crippen LogP contribution >= 0.6 is 0 Å². The van der Waals surface area contributed by atoms with Crippen molar-refractivity contribution in [3.05, 3.63) is 126 Å². The average molecular weight is 651 g/mol. The summed E-state index contributed by atoms with van der Waals surface area (Å²) in [6.07, 6.45) is 6.77. The van der Waals surface area contributed by atoms with Crippen molar-refractivity contribution in [2.75, 3.05) is 0 Å². The molecule has 50 heavy (non-hydrogen) atoms. The lowest BCUT2D eigenvalue weighted by Crippen LogP contribution is -2.42. The summed E-state index contributed by atoms with van der Waals surface area (Å²) in [5.74, 6) is 4.18. The minimum Gasteiger partial charge on any atom is -0.456 e. The van der Waals surface area contributed by atoms with Crippen LogP contribution in [0.5, 0.6) is 0 Å². The maximum atomic E-state index is 9.29. The van der Waals surface area contributed by atoms with Crippen molar-refractivity contribution in [2.45, 2.75) is 51.4 Å². The van der Waals surface area contributed by atoms with E-state index in [2.05, 4.69) is 74.5 Å². The quantitative estimate of drug-likeness (QED) is 0.185. The van der Waals surface area contributed by atoms with Crippen molar-refractivity contribution < 1.29 is 4.42 Å². The van der Waals surface area contributed by atoms with Gasteiger partial charge in [0.2, 0.25) is 0 Å². The molecular weight excluding hydrogens is 613 g/mol. The van der Waals surface area contributed by atoms with E-state index in [1.807, 2.05) is 48.5 Å². The molecule has 5 heteroatoms. The Morgan fingerprint density at radius 1 is 0.580 bits per heavy atom. The first-order valence-electron chi connectivity index (χ1n) is 17.8. The lowest BCUT2D eigenvalue weighted by atomic mass is 9.54. The minimum absolute atomic E-state index is 0.335. The fourth-order valence-electron chi connectivity index (χ4n) is 9.21. The molecule has 0 spiro atoms. The van der Waals surface area contributed by atoms with E-state index in [4.69, 9.17) is 19.4 Å². The third kappa shape index (κ3) is 5.46. The molecule has 7 aromatic rings. The predicted octanol–water partition coefficient (Wildman–Crippen LogP) is 11.4. The number of nitriles is 1. The van der Waals surface area contributed by atoms with Gasteiger partial charge in [0.15, 0.2) is 17.5 Å². The normalized spacial score (nSPS) is 21.7. The highest BCUT2D eigenvalue weighted by Gasteiger charge is 2.45. The molecule has 2 aliphatic carbocycles. The Morgan fingerprint density at radius 3 is 1.72 bits per heavy atom. The van der Waals surface area contributed by atoms with Crippen molar-refractivity contribution in [1.29, 1.82) is 5.26 Å². The fourth-order valence-corrected chi connectivity index (χ4v) is 9.21. The van der Waals surface area contributed by atoms with Gasteiger partial charge in [-0.25, -0.2) is 15.0 Å². The van der Waals surface area contributed by atoms with Gasteiger partial charge in [0, 0.05) is 27.5 Å². The molecule has 2 fully saturated rings. The van der Waals surface area contributed by atoms with Crippen molar-refractivity contribution in [2.24, 2.45) is 17.8 Å². The van der Waals surface area contributed by atoms with Crippen LogP contribution < -0.4 is 0 Å². The zero-order chi connectivity index (χ0) is 33.8. The summed E-state index contributed by atoms with van der Waals surface area (Å²) in [4.78, 5) is 14.6. The molecule has 0 N–H and O–H groups in total. The van der Waals surface area contributed by atoms with Gasteiger partial charge in [0.1, 0.15) is 11.2 Å². The number of benzene rings is 5. The van der Waals surface area contributed by atoms with Crippen molar-refractivity contribution in [3.63, 3.8) is 0 Å². The van der Waals surface area contributed by atoms with Crippen LogP contribution in [0.15, 0.2) is 120 Å². The number of furan rings is 1. The molecule has 0 radical (unpaired) electrons. The van der Waals surface area contributed by atoms with E-state index in [1.165, 1.54) is 43.2 Å². The van der Waals surface area contributed by atoms with Gasteiger partial charge in [-0.05, 0) is 120 Å². The van der Waals surface area contributed by atoms with Crippen LogP contribution in [0.1, 0.15) is 57.1 Å². The van der Waals surface area contributed by atoms with Crippen molar-refractivity contribution in [3.8, 4) is 51.4 Å². The Kier molecular flexibility index (Phi) is 7.35. The van der Waals surface area contributed by atoms with Crippen LogP contribution in [-0.2, 0) is 5.41 Å². The number of nitrogens with zero attached hydrogens (tertiary/aromatic N) is 4. The first-order valence-corrected chi connectivity index (χ1v) is 17.8. The van der Waals surface area contributed by atoms with Gasteiger partial charge in [-0.2, -0.15) is 5.26 Å². The molecule has 9 rings (SSSR count). The molecule has 2 aromatic heterocycles. The van der Waals surface area contributed by atoms with Crippen LogP contribution in [-0.4, -0.2) is 15.0 Å². The van der Waals surface area contributed by atoms with E-state index >= 15 is 0 Å². The van der Waals surface area contributed by atoms with Crippen molar-refractivity contribution >= 4 is 21.9 Å². The Bertz CT molecular complexity index is 2380. The van der Waals surface area contributed by atoms with E-state index in [0.717, 1.165) is 61.9 Å². The largest absolute Gasteiger partial charge is 0.456 e. The maximum Gasteiger partial charge on any atom is 0.164 e. The molecule has 0 saturated heterocycles. The number of fused-ring (bicyclic) bond motifs is 5. The Balaban J connectivity index is 1.06. The standard InChI is InChI=1S/C45H38N4O/c1-28-20-31-21-29(2)25-45(24-28,26-31)37-16-12-32(13-17-37)35-14-18-38-39-19-15-36(23-41(39)50-40(38)22-35)44-48-42(33-6-4-3-5-7-33)47-43(49-44)34-10-8-30(27-46)9-11-34/h3-19,22-23,28-29,31H,20-21,24-26H2,1-2H3/t28-,29+,31-,45?. The van der Waals surface area contributed by atoms with Gasteiger partial charge in [0.25, 0.3) is 0 Å². The van der Waals surface area contributed by atoms with Gasteiger partial charge in [0.05, 0.1) is 11.6 Å². The number of rotatable bonds is 5. The zero-order valence-electron chi connectivity index (χ0n) is 28.4. The molecule has 5 nitrogen and oxygen atoms in total. The topological polar surface area (TPSA) is 75.6 Å². The van der Waals surface area contributed by atoms with Gasteiger partial charge < -0.3 is 4.42 Å². The first-order chi connectivity index (χ1) is 24.4. The highest BCUT2D eigenvalue weighted by molar-refractivity contribution is 6.06. The van der Waals surface area contributed by atoms with Crippen LogP contribution in [0.4, 0.5) is 0 Å². The highest BCUT2D eigenvalue weighted by atomic mass is 16.3. The molecule has 0 amide bonds. The Hall–Kier alpha value is -5.60. The third-order valence-electron chi connectivity index (χ3n) is 11.1. The van der Waals surface area contributed by atoms with Crippen LogP contribution in [0.2, 0.25) is 0 Å². The molecule has 244 valence electrons. The van der Waals surface area contributed by atoms with Crippen LogP contribution in [0, 0.1) is 29.1 Å². The summed E-state index contributed by atoms with van der Waals surface area (Å²) in [6.45, 7) is 4.91. The molecular formula is C45H38N4O. The van der Waals surface area contributed by atoms with Gasteiger partial charge in [-0.15, -0.1) is 0 Å². The smallest absolute Gasteiger partial charge is 0.164 e. The SMILES string of the molecule is C[C@@H]1C[C@@H]2C[C@H](C)CC(c3ccc(-c4ccc5c(c4)oc4cc(-c6nc(-c7ccccc7)nc(-c7ccc(C#N)cc7)n6)ccc45)cc3)(C1)C2. The monoisotopic (exact) mass is 650 g/mol. The maximum absolute atomic E-state index is 9.29. The second-order valence-corrected chi connectivity index (χ2v) is 14.9. The summed E-state index contributed by atoms with van der Waals surface area (Å²) in [7, 11) is 0. The van der Waals surface area contributed by atoms with Gasteiger partial charge in [-0.3, -0.25) is 0 Å². The highest BCUT2D eigenvalue weighted by Crippen LogP contribution is 2.54. The molecule has 2 bridgehead atoms. The minimum atomic E-state index is 0.335. The van der Waals surface area contributed by atoms with E-state index in [-0.39, 0.29) is 0 Å². The lowest BCUT2D eigenvalue weighted by Gasteiger charge is -2.50. The van der Waals surface area contributed by atoms with E-state index in [9.17, 15) is 5.26 Å². The second-order valence-electron chi connectivity index (χ2n) is 14.9. The fraction of sp³-hybridized carbons (Fsp3) is 0.244. The molecule has 1 unspecified atom stereocenters. The number of hydrogen-bond acceptors (Lipinski definition) is 5. The zero-order valence-corrected chi connectivity index (χ0v) is 28.4. The summed E-state index contributed by atoms with van der Waals surface area (Å²) in [5, 5.41) is 11.4. The summed E-state index contributed by atoms with van der Waals surface area (Å²) >= 11 is 0. The van der Waals surface area contributed by atoms with E-state index in [1.54, 1.807) is 12.1 Å². The molecule has 5 aromatic carbocycles. The van der Waals surface area contributed by atoms with Gasteiger partial charge in [-0.1, -0.05) is 80.6 Å². The third-order valence-corrected chi connectivity index (χ3v) is 11.1. The first kappa shape index (κ1) is 30.5. The summed E-state index contributed by atoms with van der Waals surface area (Å²) in [6, 6.07) is 41.6. The molecule has 2 heterocycles. The van der Waals surface area contributed by atoms with E-state index < -0.39 is 0 Å². The molecule has 2 aliphatic rings. The second kappa shape index (κ2) is 12.1. The lowest BCUT2D eigenvalue weighted by molar-refractivity contribution is 0.0780. The summed E-state index contributed by atoms with van der Waals surface area (Å²) < 4.78 is 6.53. The van der Waals surface area contributed by atoms with Crippen LogP contribution in [0.3, 0.4) is 0 Å². The van der Waals surface area contributed by atoms with E-state index in [0.29, 0.717) is 28.5 Å². The average Bonchev–Trinajstić information content (AvgIpc) is 3.52. The van der Waals surface area contributed by atoms with Gasteiger partial charge >= 0.3 is 0 Å². The van der Waals surface area contributed by atoms with Crippen LogP contribution in [0.25, 0.3) is 67.2 Å². The Morgan fingerprint density at radius 2 is 1.10 bits per heavy atom. The Labute approximate surface area is 292 Å². The summed E-state index contributed by atoms with van der Waals surface area (Å²) in [5.41, 5.74) is 9.04. The predicted molar refractivity (Wildman–Crippen MR) is 200 cm³/mol. The number of hydrogen-bond donors (Lipinski definition) is 0. The van der Waals surface area contributed by atoms with Crippen molar-refractivity contribution in [1.82, 2.24) is 15.0 Å². The number of aromatic nitrogens is 3. The molecule has 0 aliphatic heterocycles. The molecule has 4 atom stereocenters.